The fraction of sp³-hybridized carbons (Fsp3) is 0.154. The van der Waals surface area contributed by atoms with Crippen LogP contribution < -0.4 is 4.90 Å². The standard InChI is InChI=1S/C13H10FN3O2/c14-9-2-1-8-4-6-17(11(8)7-9)13-15-5-3-10(16-13)12(18)19/h1-3,5,7H,4,6H2,(H,18,19). The molecular formula is C13H10FN3O2. The number of aromatic nitrogens is 2. The van der Waals surface area contributed by atoms with Crippen LogP contribution in [0.3, 0.4) is 0 Å². The first kappa shape index (κ1) is 11.6. The molecule has 6 heteroatoms. The van der Waals surface area contributed by atoms with Crippen LogP contribution in [0.1, 0.15) is 16.1 Å². The Hall–Kier alpha value is -2.50. The molecule has 0 fully saturated rings. The molecule has 1 aromatic heterocycles. The molecule has 0 radical (unpaired) electrons. The first-order valence-electron chi connectivity index (χ1n) is 5.77. The van der Waals surface area contributed by atoms with Gasteiger partial charge in [-0.1, -0.05) is 6.07 Å². The lowest BCUT2D eigenvalue weighted by atomic mass is 10.2. The van der Waals surface area contributed by atoms with Gasteiger partial charge in [0.2, 0.25) is 5.95 Å². The van der Waals surface area contributed by atoms with Gasteiger partial charge >= 0.3 is 5.97 Å². The van der Waals surface area contributed by atoms with Crippen LogP contribution >= 0.6 is 0 Å². The second kappa shape index (κ2) is 4.31. The number of rotatable bonds is 2. The van der Waals surface area contributed by atoms with E-state index in [4.69, 9.17) is 5.11 Å². The minimum atomic E-state index is -1.11. The molecule has 0 saturated heterocycles. The number of hydrogen-bond donors (Lipinski definition) is 1. The lowest BCUT2D eigenvalue weighted by molar-refractivity contribution is 0.0690. The zero-order valence-corrected chi connectivity index (χ0v) is 9.88. The molecular weight excluding hydrogens is 249 g/mol. The quantitative estimate of drug-likeness (QED) is 0.893. The van der Waals surface area contributed by atoms with Crippen molar-refractivity contribution in [3.63, 3.8) is 0 Å². The second-order valence-electron chi connectivity index (χ2n) is 4.22. The van der Waals surface area contributed by atoms with Crippen LogP contribution in [-0.2, 0) is 6.42 Å². The van der Waals surface area contributed by atoms with Crippen molar-refractivity contribution in [2.75, 3.05) is 11.4 Å². The highest BCUT2D eigenvalue weighted by Gasteiger charge is 2.23. The molecule has 0 aliphatic carbocycles. The first-order valence-corrected chi connectivity index (χ1v) is 5.77. The summed E-state index contributed by atoms with van der Waals surface area (Å²) in [6.45, 7) is 0.613. The van der Waals surface area contributed by atoms with Gasteiger partial charge in [-0.3, -0.25) is 0 Å². The average molecular weight is 259 g/mol. The lowest BCUT2D eigenvalue weighted by Gasteiger charge is -2.17. The fourth-order valence-electron chi connectivity index (χ4n) is 2.16. The Bertz CT molecular complexity index is 660. The van der Waals surface area contributed by atoms with Crippen LogP contribution in [-0.4, -0.2) is 27.6 Å². The van der Waals surface area contributed by atoms with E-state index in [1.807, 2.05) is 0 Å². The maximum absolute atomic E-state index is 13.3. The Morgan fingerprint density at radius 2 is 2.21 bits per heavy atom. The number of nitrogens with zero attached hydrogens (tertiary/aromatic N) is 3. The van der Waals surface area contributed by atoms with Gasteiger partial charge in [0.05, 0.1) is 5.69 Å². The maximum atomic E-state index is 13.3. The normalized spacial score (nSPS) is 13.4. The summed E-state index contributed by atoms with van der Waals surface area (Å²) in [5, 5.41) is 8.92. The van der Waals surface area contributed by atoms with Crippen molar-refractivity contribution in [3.8, 4) is 0 Å². The smallest absolute Gasteiger partial charge is 0.354 e. The first-order chi connectivity index (χ1) is 9.15. The number of halogens is 1. The van der Waals surface area contributed by atoms with E-state index in [2.05, 4.69) is 9.97 Å². The summed E-state index contributed by atoms with van der Waals surface area (Å²) in [5.74, 6) is -1.16. The molecule has 2 aromatic rings. The number of fused-ring (bicyclic) bond motifs is 1. The molecule has 2 heterocycles. The number of anilines is 2. The van der Waals surface area contributed by atoms with E-state index in [-0.39, 0.29) is 17.5 Å². The van der Waals surface area contributed by atoms with Crippen molar-refractivity contribution in [2.24, 2.45) is 0 Å². The Balaban J connectivity index is 2.04. The average Bonchev–Trinajstić information content (AvgIpc) is 2.81. The van der Waals surface area contributed by atoms with Crippen LogP contribution in [0.2, 0.25) is 0 Å². The summed E-state index contributed by atoms with van der Waals surface area (Å²) in [4.78, 5) is 20.7. The summed E-state index contributed by atoms with van der Waals surface area (Å²) in [6.07, 6.45) is 2.15. The van der Waals surface area contributed by atoms with E-state index < -0.39 is 5.97 Å². The summed E-state index contributed by atoms with van der Waals surface area (Å²) < 4.78 is 13.3. The van der Waals surface area contributed by atoms with Gasteiger partial charge in [-0.2, -0.15) is 0 Å². The van der Waals surface area contributed by atoms with Gasteiger partial charge in [-0.25, -0.2) is 19.2 Å². The van der Waals surface area contributed by atoms with E-state index in [0.717, 1.165) is 12.0 Å². The number of carboxylic acids is 1. The number of aromatic carboxylic acids is 1. The summed E-state index contributed by atoms with van der Waals surface area (Å²) >= 11 is 0. The van der Waals surface area contributed by atoms with E-state index in [1.165, 1.54) is 24.4 Å². The molecule has 0 atom stereocenters. The van der Waals surface area contributed by atoms with Crippen molar-refractivity contribution in [3.05, 3.63) is 47.5 Å². The summed E-state index contributed by atoms with van der Waals surface area (Å²) in [7, 11) is 0. The van der Waals surface area contributed by atoms with Gasteiger partial charge in [-0.05, 0) is 30.2 Å². The van der Waals surface area contributed by atoms with E-state index in [0.29, 0.717) is 12.2 Å². The fourth-order valence-corrected chi connectivity index (χ4v) is 2.16. The van der Waals surface area contributed by atoms with Crippen LogP contribution in [0, 0.1) is 5.82 Å². The Labute approximate surface area is 108 Å². The van der Waals surface area contributed by atoms with Crippen LogP contribution in [0.5, 0.6) is 0 Å². The minimum Gasteiger partial charge on any atom is -0.477 e. The Kier molecular flexibility index (Phi) is 2.63. The molecule has 0 unspecified atom stereocenters. The molecule has 1 aromatic carbocycles. The van der Waals surface area contributed by atoms with Crippen molar-refractivity contribution in [1.29, 1.82) is 0 Å². The highest BCUT2D eigenvalue weighted by Crippen LogP contribution is 2.32. The summed E-state index contributed by atoms with van der Waals surface area (Å²) in [6, 6.07) is 5.89. The van der Waals surface area contributed by atoms with Gasteiger partial charge in [-0.15, -0.1) is 0 Å². The lowest BCUT2D eigenvalue weighted by Crippen LogP contribution is -2.17. The van der Waals surface area contributed by atoms with Crippen molar-refractivity contribution >= 4 is 17.6 Å². The van der Waals surface area contributed by atoms with Gasteiger partial charge < -0.3 is 10.0 Å². The minimum absolute atomic E-state index is 0.0742. The molecule has 0 bridgehead atoms. The van der Waals surface area contributed by atoms with Crippen molar-refractivity contribution < 1.29 is 14.3 Å². The predicted octanol–water partition coefficient (Wildman–Crippen LogP) is 2.01. The summed E-state index contributed by atoms with van der Waals surface area (Å²) in [5.41, 5.74) is 1.63. The zero-order chi connectivity index (χ0) is 13.4. The molecule has 1 aliphatic rings. The van der Waals surface area contributed by atoms with Crippen molar-refractivity contribution in [1.82, 2.24) is 9.97 Å². The topological polar surface area (TPSA) is 66.3 Å². The number of benzene rings is 1. The van der Waals surface area contributed by atoms with E-state index in [9.17, 15) is 9.18 Å². The molecule has 1 aliphatic heterocycles. The highest BCUT2D eigenvalue weighted by molar-refractivity contribution is 5.85. The SMILES string of the molecule is O=C(O)c1ccnc(N2CCc3ccc(F)cc32)n1. The maximum Gasteiger partial charge on any atom is 0.354 e. The Morgan fingerprint density at radius 1 is 1.37 bits per heavy atom. The highest BCUT2D eigenvalue weighted by atomic mass is 19.1. The predicted molar refractivity (Wildman–Crippen MR) is 66.1 cm³/mol. The van der Waals surface area contributed by atoms with Gasteiger partial charge in [0.25, 0.3) is 0 Å². The zero-order valence-electron chi connectivity index (χ0n) is 9.88. The molecule has 0 spiro atoms. The van der Waals surface area contributed by atoms with E-state index in [1.54, 1.807) is 11.0 Å². The van der Waals surface area contributed by atoms with Crippen LogP contribution in [0.25, 0.3) is 0 Å². The number of carboxylic acid groups (broad SMARTS) is 1. The molecule has 1 N–H and O–H groups in total. The third-order valence-corrected chi connectivity index (χ3v) is 3.05. The van der Waals surface area contributed by atoms with E-state index >= 15 is 0 Å². The molecule has 3 rings (SSSR count). The molecule has 96 valence electrons. The van der Waals surface area contributed by atoms with Gasteiger partial charge in [0, 0.05) is 12.7 Å². The number of carbonyl (C=O) groups is 1. The van der Waals surface area contributed by atoms with Crippen LogP contribution in [0.15, 0.2) is 30.5 Å². The monoisotopic (exact) mass is 259 g/mol. The molecule has 5 nitrogen and oxygen atoms in total. The third-order valence-electron chi connectivity index (χ3n) is 3.05. The molecule has 0 saturated carbocycles. The molecule has 0 amide bonds. The molecule has 19 heavy (non-hydrogen) atoms. The van der Waals surface area contributed by atoms with Crippen molar-refractivity contribution in [2.45, 2.75) is 6.42 Å². The number of hydrogen-bond acceptors (Lipinski definition) is 4. The van der Waals surface area contributed by atoms with Gasteiger partial charge in [0.1, 0.15) is 5.82 Å². The largest absolute Gasteiger partial charge is 0.477 e. The van der Waals surface area contributed by atoms with Crippen LogP contribution in [0.4, 0.5) is 16.0 Å². The third kappa shape index (κ3) is 2.01. The Morgan fingerprint density at radius 3 is 3.00 bits per heavy atom. The second-order valence-corrected chi connectivity index (χ2v) is 4.22. The van der Waals surface area contributed by atoms with Gasteiger partial charge in [0.15, 0.2) is 5.69 Å².